The van der Waals surface area contributed by atoms with Gasteiger partial charge in [-0.25, -0.2) is 4.98 Å². The Morgan fingerprint density at radius 3 is 2.04 bits per heavy atom. The Kier molecular flexibility index (Phi) is 5.35. The standard InChI is InChI=1S/C19H29NO2Si/c1-7-23(8-2,9-3)17-18(22-19(4,5)6)21-16(20-17)15-13-11-10-12-14-15/h10-14H,7-9H2,1-6H3. The summed E-state index contributed by atoms with van der Waals surface area (Å²) in [5, 5.41) is 1.10. The summed E-state index contributed by atoms with van der Waals surface area (Å²) in [7, 11) is -1.68. The molecule has 0 fully saturated rings. The molecule has 2 rings (SSSR count). The number of hydrogen-bond donors (Lipinski definition) is 0. The van der Waals surface area contributed by atoms with Crippen LogP contribution in [-0.2, 0) is 0 Å². The van der Waals surface area contributed by atoms with Gasteiger partial charge in [0.2, 0.25) is 5.89 Å². The summed E-state index contributed by atoms with van der Waals surface area (Å²) in [6, 6.07) is 13.5. The van der Waals surface area contributed by atoms with Crippen LogP contribution in [0.3, 0.4) is 0 Å². The first kappa shape index (κ1) is 17.8. The van der Waals surface area contributed by atoms with E-state index in [1.165, 1.54) is 0 Å². The van der Waals surface area contributed by atoms with Crippen LogP contribution in [0.2, 0.25) is 18.1 Å². The summed E-state index contributed by atoms with van der Waals surface area (Å²) in [6.45, 7) is 13.0. The van der Waals surface area contributed by atoms with E-state index >= 15 is 0 Å². The third kappa shape index (κ3) is 3.86. The van der Waals surface area contributed by atoms with E-state index in [2.05, 4.69) is 41.5 Å². The number of rotatable bonds is 6. The molecule has 0 aliphatic heterocycles. The van der Waals surface area contributed by atoms with Crippen molar-refractivity contribution in [3.63, 3.8) is 0 Å². The zero-order valence-electron chi connectivity index (χ0n) is 15.3. The highest BCUT2D eigenvalue weighted by Gasteiger charge is 2.38. The Bertz CT molecular complexity index is 616. The van der Waals surface area contributed by atoms with Crippen molar-refractivity contribution in [2.24, 2.45) is 0 Å². The Morgan fingerprint density at radius 1 is 1.00 bits per heavy atom. The molecule has 0 radical (unpaired) electrons. The van der Waals surface area contributed by atoms with Crippen LogP contribution in [0, 0.1) is 0 Å². The van der Waals surface area contributed by atoms with E-state index in [0.29, 0.717) is 11.8 Å². The molecule has 1 heterocycles. The lowest BCUT2D eigenvalue weighted by Gasteiger charge is -2.27. The summed E-state index contributed by atoms with van der Waals surface area (Å²) >= 11 is 0. The first-order valence-electron chi connectivity index (χ1n) is 8.61. The number of hydrogen-bond acceptors (Lipinski definition) is 3. The first-order valence-corrected chi connectivity index (χ1v) is 11.2. The molecular weight excluding hydrogens is 302 g/mol. The van der Waals surface area contributed by atoms with E-state index in [1.54, 1.807) is 0 Å². The maximum atomic E-state index is 6.15. The normalized spacial score (nSPS) is 12.4. The summed E-state index contributed by atoms with van der Waals surface area (Å²) in [5.74, 6) is 1.31. The van der Waals surface area contributed by atoms with Crippen LogP contribution < -0.4 is 10.1 Å². The lowest BCUT2D eigenvalue weighted by Crippen LogP contribution is -2.48. The molecule has 0 amide bonds. The molecule has 4 heteroatoms. The van der Waals surface area contributed by atoms with Crippen LogP contribution in [0.4, 0.5) is 0 Å². The Hall–Kier alpha value is -1.55. The maximum absolute atomic E-state index is 6.15. The molecule has 0 saturated heterocycles. The van der Waals surface area contributed by atoms with E-state index in [4.69, 9.17) is 14.1 Å². The minimum Gasteiger partial charge on any atom is -0.458 e. The van der Waals surface area contributed by atoms with Crippen LogP contribution in [0.5, 0.6) is 5.95 Å². The molecule has 1 aromatic heterocycles. The highest BCUT2D eigenvalue weighted by molar-refractivity contribution is 6.91. The Balaban J connectivity index is 2.57. The maximum Gasteiger partial charge on any atom is 0.304 e. The fourth-order valence-corrected chi connectivity index (χ4v) is 6.32. The van der Waals surface area contributed by atoms with Crippen molar-refractivity contribution >= 4 is 13.4 Å². The molecule has 0 unspecified atom stereocenters. The molecule has 0 bridgehead atoms. The van der Waals surface area contributed by atoms with Crippen LogP contribution in [-0.4, -0.2) is 18.7 Å². The predicted molar refractivity (Wildman–Crippen MR) is 99.2 cm³/mol. The third-order valence-electron chi connectivity index (χ3n) is 4.55. The van der Waals surface area contributed by atoms with Crippen LogP contribution in [0.25, 0.3) is 11.5 Å². The second kappa shape index (κ2) is 6.91. The van der Waals surface area contributed by atoms with Crippen molar-refractivity contribution in [1.29, 1.82) is 0 Å². The third-order valence-corrected chi connectivity index (χ3v) is 9.93. The highest BCUT2D eigenvalue weighted by atomic mass is 28.3. The van der Waals surface area contributed by atoms with E-state index in [-0.39, 0.29) is 5.60 Å². The summed E-state index contributed by atoms with van der Waals surface area (Å²) in [5.41, 5.74) is 0.709. The fourth-order valence-electron chi connectivity index (χ4n) is 2.95. The number of nitrogens with zero attached hydrogens (tertiary/aromatic N) is 1. The molecule has 3 nitrogen and oxygen atoms in total. The van der Waals surface area contributed by atoms with Crippen molar-refractivity contribution in [3.05, 3.63) is 30.3 Å². The van der Waals surface area contributed by atoms with Crippen molar-refractivity contribution in [3.8, 4) is 17.4 Å². The molecule has 2 aromatic rings. The summed E-state index contributed by atoms with van der Waals surface area (Å²) in [6.07, 6.45) is 0. The SMILES string of the molecule is CC[Si](CC)(CC)c1nc(-c2ccccc2)oc1OC(C)(C)C. The summed E-state index contributed by atoms with van der Waals surface area (Å²) in [4.78, 5) is 4.92. The Labute approximate surface area is 141 Å². The molecule has 0 saturated carbocycles. The highest BCUT2D eigenvalue weighted by Crippen LogP contribution is 2.30. The molecule has 23 heavy (non-hydrogen) atoms. The van der Waals surface area contributed by atoms with Crippen LogP contribution >= 0.6 is 0 Å². The smallest absolute Gasteiger partial charge is 0.304 e. The van der Waals surface area contributed by atoms with Crippen LogP contribution in [0.15, 0.2) is 34.7 Å². The second-order valence-corrected chi connectivity index (χ2v) is 12.2. The van der Waals surface area contributed by atoms with Crippen LogP contribution in [0.1, 0.15) is 41.5 Å². The van der Waals surface area contributed by atoms with Gasteiger partial charge in [-0.1, -0.05) is 57.1 Å². The zero-order valence-corrected chi connectivity index (χ0v) is 16.3. The monoisotopic (exact) mass is 331 g/mol. The molecule has 0 atom stereocenters. The Morgan fingerprint density at radius 2 is 1.57 bits per heavy atom. The number of ether oxygens (including phenoxy) is 1. The molecular formula is C19H29NO2Si. The van der Waals surface area contributed by atoms with Crippen molar-refractivity contribution in [1.82, 2.24) is 4.98 Å². The van der Waals surface area contributed by atoms with E-state index < -0.39 is 8.07 Å². The lowest BCUT2D eigenvalue weighted by molar-refractivity contribution is 0.0978. The topological polar surface area (TPSA) is 35.3 Å². The average molecular weight is 332 g/mol. The van der Waals surface area contributed by atoms with Gasteiger partial charge in [0.1, 0.15) is 19.0 Å². The predicted octanol–water partition coefficient (Wildman–Crippen LogP) is 5.23. The van der Waals surface area contributed by atoms with Gasteiger partial charge in [0.15, 0.2) is 0 Å². The fraction of sp³-hybridized carbons (Fsp3) is 0.526. The van der Waals surface area contributed by atoms with Gasteiger partial charge < -0.3 is 9.15 Å². The zero-order chi connectivity index (χ0) is 17.1. The van der Waals surface area contributed by atoms with Gasteiger partial charge in [0.25, 0.3) is 0 Å². The van der Waals surface area contributed by atoms with Crippen molar-refractivity contribution in [2.75, 3.05) is 0 Å². The van der Waals surface area contributed by atoms with Gasteiger partial charge in [-0.3, -0.25) is 0 Å². The number of oxazole rings is 1. The van der Waals surface area contributed by atoms with Gasteiger partial charge in [-0.2, -0.15) is 0 Å². The minimum atomic E-state index is -1.68. The molecule has 126 valence electrons. The molecule has 0 spiro atoms. The first-order chi connectivity index (χ1) is 10.8. The molecule has 0 aliphatic rings. The largest absolute Gasteiger partial charge is 0.458 e. The number of aromatic nitrogens is 1. The van der Waals surface area contributed by atoms with E-state index in [9.17, 15) is 0 Å². The quantitative estimate of drug-likeness (QED) is 0.679. The second-order valence-electron chi connectivity index (χ2n) is 7.08. The average Bonchev–Trinajstić information content (AvgIpc) is 2.93. The lowest BCUT2D eigenvalue weighted by atomic mass is 10.2. The van der Waals surface area contributed by atoms with Gasteiger partial charge in [-0.05, 0) is 32.9 Å². The summed E-state index contributed by atoms with van der Waals surface area (Å²) < 4.78 is 12.2. The van der Waals surface area contributed by atoms with Gasteiger partial charge >= 0.3 is 5.95 Å². The van der Waals surface area contributed by atoms with E-state index in [0.717, 1.165) is 29.0 Å². The van der Waals surface area contributed by atoms with Gasteiger partial charge in [0, 0.05) is 5.56 Å². The van der Waals surface area contributed by atoms with Gasteiger partial charge in [-0.15, -0.1) is 0 Å². The number of benzene rings is 1. The van der Waals surface area contributed by atoms with Crippen molar-refractivity contribution < 1.29 is 9.15 Å². The molecule has 0 aliphatic carbocycles. The van der Waals surface area contributed by atoms with Gasteiger partial charge in [0.05, 0.1) is 0 Å². The van der Waals surface area contributed by atoms with Crippen molar-refractivity contribution in [2.45, 2.75) is 65.3 Å². The minimum absolute atomic E-state index is 0.294. The molecule has 0 N–H and O–H groups in total. The van der Waals surface area contributed by atoms with E-state index in [1.807, 2.05) is 30.3 Å². The molecule has 1 aromatic carbocycles.